The molecular weight excluding hydrogens is 274 g/mol. The van der Waals surface area contributed by atoms with Gasteiger partial charge in [-0.2, -0.15) is 0 Å². The van der Waals surface area contributed by atoms with Gasteiger partial charge in [0.05, 0.1) is 12.3 Å². The van der Waals surface area contributed by atoms with E-state index in [4.69, 9.17) is 4.74 Å². The van der Waals surface area contributed by atoms with Crippen LogP contribution in [0.15, 0.2) is 24.3 Å². The average Bonchev–Trinajstić information content (AvgIpc) is 2.61. The molecular formula is C18H29N3O. The summed E-state index contributed by atoms with van der Waals surface area (Å²) >= 11 is 0. The molecule has 1 aromatic carbocycles. The van der Waals surface area contributed by atoms with Gasteiger partial charge in [-0.1, -0.05) is 18.6 Å². The second-order valence-corrected chi connectivity index (χ2v) is 6.31. The van der Waals surface area contributed by atoms with E-state index in [-0.39, 0.29) is 0 Å². The van der Waals surface area contributed by atoms with Crippen molar-refractivity contribution in [2.75, 3.05) is 57.3 Å². The Hall–Kier alpha value is -1.26. The highest BCUT2D eigenvalue weighted by atomic mass is 16.5. The Morgan fingerprint density at radius 3 is 2.55 bits per heavy atom. The van der Waals surface area contributed by atoms with Crippen LogP contribution in [0.2, 0.25) is 0 Å². The molecule has 2 saturated heterocycles. The summed E-state index contributed by atoms with van der Waals surface area (Å²) in [5.74, 6) is 1.04. The minimum absolute atomic E-state index is 0.819. The maximum atomic E-state index is 6.09. The standard InChI is InChI=1S/C18H29N3O/c1-4-11-20(12-5-1)13-6-16-22-18-8-3-2-7-17(18)21-14-9-19-10-15-21/h2-3,7-8,19H,1,4-6,9-16H2. The van der Waals surface area contributed by atoms with Gasteiger partial charge < -0.3 is 19.9 Å². The normalized spacial score (nSPS) is 20.1. The fourth-order valence-electron chi connectivity index (χ4n) is 3.40. The Morgan fingerprint density at radius 2 is 1.73 bits per heavy atom. The number of anilines is 1. The van der Waals surface area contributed by atoms with Crippen LogP contribution in [0.4, 0.5) is 5.69 Å². The lowest BCUT2D eigenvalue weighted by atomic mass is 10.1. The number of piperazine rings is 1. The maximum Gasteiger partial charge on any atom is 0.142 e. The van der Waals surface area contributed by atoms with E-state index in [1.54, 1.807) is 0 Å². The van der Waals surface area contributed by atoms with E-state index in [1.807, 2.05) is 0 Å². The van der Waals surface area contributed by atoms with Crippen LogP contribution >= 0.6 is 0 Å². The summed E-state index contributed by atoms with van der Waals surface area (Å²) in [5, 5.41) is 3.40. The molecule has 122 valence electrons. The van der Waals surface area contributed by atoms with E-state index < -0.39 is 0 Å². The molecule has 0 aromatic heterocycles. The number of rotatable bonds is 6. The zero-order chi connectivity index (χ0) is 15.0. The number of piperidine rings is 1. The first kappa shape index (κ1) is 15.6. The minimum Gasteiger partial charge on any atom is -0.491 e. The van der Waals surface area contributed by atoms with Crippen molar-refractivity contribution in [3.05, 3.63) is 24.3 Å². The van der Waals surface area contributed by atoms with Gasteiger partial charge >= 0.3 is 0 Å². The molecule has 0 unspecified atom stereocenters. The SMILES string of the molecule is c1ccc(N2CCNCC2)c(OCCCN2CCCCC2)c1. The number of benzene rings is 1. The summed E-state index contributed by atoms with van der Waals surface area (Å²) in [6.07, 6.45) is 5.26. The lowest BCUT2D eigenvalue weighted by Gasteiger charge is -2.31. The molecule has 0 bridgehead atoms. The molecule has 2 aliphatic heterocycles. The number of hydrogen-bond acceptors (Lipinski definition) is 4. The van der Waals surface area contributed by atoms with Gasteiger partial charge in [0, 0.05) is 32.7 Å². The fourth-order valence-corrected chi connectivity index (χ4v) is 3.40. The number of hydrogen-bond donors (Lipinski definition) is 1. The Morgan fingerprint density at radius 1 is 0.955 bits per heavy atom. The third-order valence-electron chi connectivity index (χ3n) is 4.65. The van der Waals surface area contributed by atoms with Crippen molar-refractivity contribution in [1.29, 1.82) is 0 Å². The Labute approximate surface area is 134 Å². The summed E-state index contributed by atoms with van der Waals surface area (Å²) in [6.45, 7) is 8.79. The molecule has 0 saturated carbocycles. The molecule has 0 aliphatic carbocycles. The van der Waals surface area contributed by atoms with E-state index in [0.29, 0.717) is 0 Å². The van der Waals surface area contributed by atoms with Gasteiger partial charge in [0.1, 0.15) is 5.75 Å². The van der Waals surface area contributed by atoms with Gasteiger partial charge in [-0.05, 0) is 44.5 Å². The first-order valence-electron chi connectivity index (χ1n) is 8.83. The maximum absolute atomic E-state index is 6.09. The lowest BCUT2D eigenvalue weighted by molar-refractivity contribution is 0.205. The van der Waals surface area contributed by atoms with Crippen LogP contribution < -0.4 is 15.0 Å². The van der Waals surface area contributed by atoms with Gasteiger partial charge in [-0.25, -0.2) is 0 Å². The Balaban J connectivity index is 1.47. The molecule has 2 heterocycles. The van der Waals surface area contributed by atoms with Crippen LogP contribution in [0.3, 0.4) is 0 Å². The van der Waals surface area contributed by atoms with E-state index in [9.17, 15) is 0 Å². The Bertz CT molecular complexity index is 440. The van der Waals surface area contributed by atoms with Crippen LogP contribution in [0.5, 0.6) is 5.75 Å². The van der Waals surface area contributed by atoms with Crippen LogP contribution in [0.1, 0.15) is 25.7 Å². The zero-order valence-corrected chi connectivity index (χ0v) is 13.6. The first-order valence-corrected chi connectivity index (χ1v) is 8.83. The molecule has 1 N–H and O–H groups in total. The van der Waals surface area contributed by atoms with E-state index in [1.165, 1.54) is 44.6 Å². The molecule has 0 amide bonds. The summed E-state index contributed by atoms with van der Waals surface area (Å²) in [4.78, 5) is 5.01. The van der Waals surface area contributed by atoms with E-state index in [0.717, 1.165) is 45.0 Å². The van der Waals surface area contributed by atoms with Gasteiger partial charge in [0.2, 0.25) is 0 Å². The minimum atomic E-state index is 0.819. The third-order valence-corrected chi connectivity index (χ3v) is 4.65. The zero-order valence-electron chi connectivity index (χ0n) is 13.6. The quantitative estimate of drug-likeness (QED) is 0.817. The molecule has 0 atom stereocenters. The highest BCUT2D eigenvalue weighted by molar-refractivity contribution is 5.58. The second-order valence-electron chi connectivity index (χ2n) is 6.31. The second kappa shape index (κ2) is 8.39. The Kier molecular flexibility index (Phi) is 5.96. The van der Waals surface area contributed by atoms with Gasteiger partial charge in [0.15, 0.2) is 0 Å². The summed E-state index contributed by atoms with van der Waals surface area (Å²) in [6, 6.07) is 8.48. The molecule has 4 heteroatoms. The lowest BCUT2D eigenvalue weighted by Crippen LogP contribution is -2.43. The van der Waals surface area contributed by atoms with Crippen molar-refractivity contribution in [2.24, 2.45) is 0 Å². The number of nitrogens with one attached hydrogen (secondary N) is 1. The first-order chi connectivity index (χ1) is 10.9. The van der Waals surface area contributed by atoms with Gasteiger partial charge in [-0.3, -0.25) is 0 Å². The fraction of sp³-hybridized carbons (Fsp3) is 0.667. The number of para-hydroxylation sites is 2. The molecule has 4 nitrogen and oxygen atoms in total. The van der Waals surface area contributed by atoms with Gasteiger partial charge in [0.25, 0.3) is 0 Å². The predicted molar refractivity (Wildman–Crippen MR) is 91.9 cm³/mol. The molecule has 2 fully saturated rings. The van der Waals surface area contributed by atoms with E-state index in [2.05, 4.69) is 39.4 Å². The molecule has 0 spiro atoms. The summed E-state index contributed by atoms with van der Waals surface area (Å²) < 4.78 is 6.09. The molecule has 22 heavy (non-hydrogen) atoms. The topological polar surface area (TPSA) is 27.7 Å². The molecule has 2 aliphatic rings. The van der Waals surface area contributed by atoms with Gasteiger partial charge in [-0.15, -0.1) is 0 Å². The van der Waals surface area contributed by atoms with Crippen LogP contribution in [0.25, 0.3) is 0 Å². The third kappa shape index (κ3) is 4.37. The van der Waals surface area contributed by atoms with Crippen LogP contribution in [-0.4, -0.2) is 57.3 Å². The number of likely N-dealkylation sites (tertiary alicyclic amines) is 1. The molecule has 0 radical (unpaired) electrons. The van der Waals surface area contributed by atoms with Crippen LogP contribution in [0, 0.1) is 0 Å². The molecule has 1 aromatic rings. The van der Waals surface area contributed by atoms with Crippen molar-refractivity contribution < 1.29 is 4.74 Å². The van der Waals surface area contributed by atoms with Crippen molar-refractivity contribution >= 4 is 5.69 Å². The van der Waals surface area contributed by atoms with Crippen LogP contribution in [-0.2, 0) is 0 Å². The van der Waals surface area contributed by atoms with Crippen molar-refractivity contribution in [1.82, 2.24) is 10.2 Å². The highest BCUT2D eigenvalue weighted by Crippen LogP contribution is 2.28. The highest BCUT2D eigenvalue weighted by Gasteiger charge is 2.14. The number of nitrogens with zero attached hydrogens (tertiary/aromatic N) is 2. The summed E-state index contributed by atoms with van der Waals surface area (Å²) in [5.41, 5.74) is 1.25. The van der Waals surface area contributed by atoms with Crippen molar-refractivity contribution in [3.63, 3.8) is 0 Å². The summed E-state index contributed by atoms with van der Waals surface area (Å²) in [7, 11) is 0. The van der Waals surface area contributed by atoms with E-state index >= 15 is 0 Å². The monoisotopic (exact) mass is 303 g/mol. The average molecular weight is 303 g/mol. The smallest absolute Gasteiger partial charge is 0.142 e. The largest absolute Gasteiger partial charge is 0.491 e. The van der Waals surface area contributed by atoms with Crippen molar-refractivity contribution in [3.8, 4) is 5.75 Å². The van der Waals surface area contributed by atoms with Crippen molar-refractivity contribution in [2.45, 2.75) is 25.7 Å². The number of ether oxygens (including phenoxy) is 1. The molecule has 3 rings (SSSR count). The predicted octanol–water partition coefficient (Wildman–Crippen LogP) is 2.35.